The van der Waals surface area contributed by atoms with Crippen molar-refractivity contribution in [3.05, 3.63) is 47.3 Å². The first-order chi connectivity index (χ1) is 7.09. The molecule has 0 saturated heterocycles. The highest BCUT2D eigenvalue weighted by Gasteiger charge is 2.35. The largest absolute Gasteiger partial charge is 0.501 e. The number of benzene rings is 1. The zero-order chi connectivity index (χ0) is 11.0. The summed E-state index contributed by atoms with van der Waals surface area (Å²) in [6, 6.07) is 5.22. The Kier molecular flexibility index (Phi) is 2.07. The van der Waals surface area contributed by atoms with Gasteiger partial charge in [0.2, 0.25) is 17.4 Å². The first-order valence-electron chi connectivity index (χ1n) is 4.24. The molecule has 0 fully saturated rings. The number of hydrogen-bond acceptors (Lipinski definition) is 4. The van der Waals surface area contributed by atoms with Gasteiger partial charge in [-0.05, 0) is 12.1 Å². The Morgan fingerprint density at radius 2 is 1.93 bits per heavy atom. The van der Waals surface area contributed by atoms with Gasteiger partial charge in [-0.1, -0.05) is 12.1 Å². The number of ketones is 1. The number of carbonyl (C=O) groups excluding carboxylic acids is 1. The number of rotatable bonds is 1. The van der Waals surface area contributed by atoms with Gasteiger partial charge in [0, 0.05) is 5.56 Å². The Morgan fingerprint density at radius 1 is 1.33 bits per heavy atom. The molecule has 0 aromatic heterocycles. The van der Waals surface area contributed by atoms with Gasteiger partial charge in [-0.3, -0.25) is 4.79 Å². The minimum absolute atomic E-state index is 0.297. The number of ether oxygens (including phenoxy) is 1. The van der Waals surface area contributed by atoms with Gasteiger partial charge in [-0.15, -0.1) is 0 Å². The van der Waals surface area contributed by atoms with Crippen molar-refractivity contribution in [3.8, 4) is 0 Å². The smallest absolute Gasteiger partial charge is 0.247 e. The number of nitrogens with two attached hydrogens (primary N) is 1. The molecule has 0 aliphatic carbocycles. The van der Waals surface area contributed by atoms with E-state index in [1.807, 2.05) is 0 Å². The highest BCUT2D eigenvalue weighted by atomic mass is 19.1. The van der Waals surface area contributed by atoms with Crippen LogP contribution in [0.15, 0.2) is 35.9 Å². The van der Waals surface area contributed by atoms with Crippen molar-refractivity contribution >= 4 is 5.78 Å². The molecule has 1 aliphatic heterocycles. The zero-order valence-corrected chi connectivity index (χ0v) is 7.61. The first-order valence-corrected chi connectivity index (χ1v) is 4.24. The molecule has 2 rings (SSSR count). The Bertz CT molecular complexity index is 438. The molecule has 5 heteroatoms. The fraction of sp³-hybridized carbons (Fsp3) is 0.100. The standard InChI is InChI=1S/C10H8FNO3/c11-6-3-1-5(2-4-6)9-7(13)8(14)10(12)15-9/h1-4,9,14H,12H2/t9-/m0/s1. The van der Waals surface area contributed by atoms with Crippen LogP contribution in [0.2, 0.25) is 0 Å². The van der Waals surface area contributed by atoms with Crippen LogP contribution in [-0.2, 0) is 9.53 Å². The molecule has 1 aromatic rings. The lowest BCUT2D eigenvalue weighted by atomic mass is 10.1. The van der Waals surface area contributed by atoms with Gasteiger partial charge in [0.15, 0.2) is 6.10 Å². The quantitative estimate of drug-likeness (QED) is 0.727. The third-order valence-electron chi connectivity index (χ3n) is 2.12. The van der Waals surface area contributed by atoms with Crippen molar-refractivity contribution in [2.45, 2.75) is 6.10 Å². The van der Waals surface area contributed by atoms with E-state index in [2.05, 4.69) is 0 Å². The van der Waals surface area contributed by atoms with Crippen molar-refractivity contribution in [3.63, 3.8) is 0 Å². The minimum atomic E-state index is -0.967. The minimum Gasteiger partial charge on any atom is -0.501 e. The third-order valence-corrected chi connectivity index (χ3v) is 2.12. The molecule has 1 heterocycles. The Morgan fingerprint density at radius 3 is 2.40 bits per heavy atom. The molecule has 1 atom stereocenters. The summed E-state index contributed by atoms with van der Waals surface area (Å²) in [4.78, 5) is 11.4. The molecular formula is C10H8FNO3. The molecule has 0 unspecified atom stereocenters. The Hall–Kier alpha value is -2.04. The summed E-state index contributed by atoms with van der Waals surface area (Å²) in [6.45, 7) is 0. The summed E-state index contributed by atoms with van der Waals surface area (Å²) < 4.78 is 17.6. The summed E-state index contributed by atoms with van der Waals surface area (Å²) in [7, 11) is 0. The third kappa shape index (κ3) is 1.52. The van der Waals surface area contributed by atoms with E-state index >= 15 is 0 Å². The van der Waals surface area contributed by atoms with E-state index in [1.54, 1.807) is 0 Å². The van der Waals surface area contributed by atoms with E-state index in [-0.39, 0.29) is 5.88 Å². The highest BCUT2D eigenvalue weighted by molar-refractivity contribution is 5.99. The van der Waals surface area contributed by atoms with Crippen molar-refractivity contribution < 1.29 is 19.0 Å². The molecule has 0 radical (unpaired) electrons. The first kappa shape index (κ1) is 9.51. The van der Waals surface area contributed by atoms with E-state index < -0.39 is 23.5 Å². The number of carbonyl (C=O) groups is 1. The van der Waals surface area contributed by atoms with E-state index in [4.69, 9.17) is 15.6 Å². The van der Waals surface area contributed by atoms with Crippen LogP contribution in [0, 0.1) is 5.82 Å². The lowest BCUT2D eigenvalue weighted by Gasteiger charge is -2.09. The number of aliphatic hydroxyl groups excluding tert-OH is 1. The Balaban J connectivity index is 2.29. The van der Waals surface area contributed by atoms with Crippen molar-refractivity contribution in [2.75, 3.05) is 0 Å². The fourth-order valence-electron chi connectivity index (χ4n) is 1.34. The number of Topliss-reactive ketones (excluding diaryl/α,β-unsaturated/α-hetero) is 1. The van der Waals surface area contributed by atoms with Crippen LogP contribution < -0.4 is 5.73 Å². The average molecular weight is 209 g/mol. The fourth-order valence-corrected chi connectivity index (χ4v) is 1.34. The topological polar surface area (TPSA) is 72.5 Å². The van der Waals surface area contributed by atoms with Crippen LogP contribution in [-0.4, -0.2) is 10.9 Å². The predicted molar refractivity (Wildman–Crippen MR) is 49.1 cm³/mol. The van der Waals surface area contributed by atoms with Crippen LogP contribution in [0.5, 0.6) is 0 Å². The highest BCUT2D eigenvalue weighted by Crippen LogP contribution is 2.29. The number of aliphatic hydroxyl groups is 1. The predicted octanol–water partition coefficient (Wildman–Crippen LogP) is 1.15. The maximum absolute atomic E-state index is 12.6. The van der Waals surface area contributed by atoms with Crippen LogP contribution in [0.25, 0.3) is 0 Å². The van der Waals surface area contributed by atoms with E-state index in [0.29, 0.717) is 5.56 Å². The molecule has 0 spiro atoms. The monoisotopic (exact) mass is 209 g/mol. The molecule has 1 aliphatic rings. The molecule has 78 valence electrons. The SMILES string of the molecule is NC1=C(O)C(=O)[C@H](c2ccc(F)cc2)O1. The molecule has 0 bridgehead atoms. The zero-order valence-electron chi connectivity index (χ0n) is 7.61. The second kappa shape index (κ2) is 3.27. The van der Waals surface area contributed by atoms with Crippen molar-refractivity contribution in [1.29, 1.82) is 0 Å². The molecule has 3 N–H and O–H groups in total. The molecular weight excluding hydrogens is 201 g/mol. The maximum Gasteiger partial charge on any atom is 0.247 e. The van der Waals surface area contributed by atoms with Gasteiger partial charge >= 0.3 is 0 Å². The molecule has 0 amide bonds. The summed E-state index contributed by atoms with van der Waals surface area (Å²) >= 11 is 0. The van der Waals surface area contributed by atoms with Crippen LogP contribution in [0.4, 0.5) is 4.39 Å². The van der Waals surface area contributed by atoms with Crippen LogP contribution in [0.3, 0.4) is 0 Å². The molecule has 1 aromatic carbocycles. The second-order valence-electron chi connectivity index (χ2n) is 3.13. The number of hydrogen-bond donors (Lipinski definition) is 2. The summed E-state index contributed by atoms with van der Waals surface area (Å²) in [5, 5.41) is 9.16. The molecule has 15 heavy (non-hydrogen) atoms. The van der Waals surface area contributed by atoms with Crippen LogP contribution >= 0.6 is 0 Å². The van der Waals surface area contributed by atoms with E-state index in [0.717, 1.165) is 0 Å². The molecule has 0 saturated carbocycles. The average Bonchev–Trinajstić information content (AvgIpc) is 2.47. The summed E-state index contributed by atoms with van der Waals surface area (Å²) in [5.74, 6) is -1.90. The van der Waals surface area contributed by atoms with Gasteiger partial charge in [-0.25, -0.2) is 4.39 Å². The Labute approximate surface area is 84.8 Å². The van der Waals surface area contributed by atoms with Gasteiger partial charge in [0.25, 0.3) is 0 Å². The lowest BCUT2D eigenvalue weighted by Crippen LogP contribution is -2.09. The number of halogens is 1. The maximum atomic E-state index is 12.6. The normalized spacial score (nSPS) is 20.6. The van der Waals surface area contributed by atoms with Crippen molar-refractivity contribution in [1.82, 2.24) is 0 Å². The van der Waals surface area contributed by atoms with Gasteiger partial charge in [-0.2, -0.15) is 0 Å². The van der Waals surface area contributed by atoms with E-state index in [1.165, 1.54) is 24.3 Å². The van der Waals surface area contributed by atoms with E-state index in [9.17, 15) is 9.18 Å². The van der Waals surface area contributed by atoms with Gasteiger partial charge in [0.05, 0.1) is 0 Å². The summed E-state index contributed by atoms with van der Waals surface area (Å²) in [6.07, 6.45) is -0.967. The van der Waals surface area contributed by atoms with Gasteiger partial charge < -0.3 is 15.6 Å². The lowest BCUT2D eigenvalue weighted by molar-refractivity contribution is -0.123. The molecule has 4 nitrogen and oxygen atoms in total. The van der Waals surface area contributed by atoms with Crippen molar-refractivity contribution in [2.24, 2.45) is 5.73 Å². The van der Waals surface area contributed by atoms with Gasteiger partial charge in [0.1, 0.15) is 5.82 Å². The van der Waals surface area contributed by atoms with Crippen LogP contribution in [0.1, 0.15) is 11.7 Å². The summed E-state index contributed by atoms with van der Waals surface area (Å²) in [5.41, 5.74) is 5.69. The second-order valence-corrected chi connectivity index (χ2v) is 3.13.